The fourth-order valence-corrected chi connectivity index (χ4v) is 5.32. The summed E-state index contributed by atoms with van der Waals surface area (Å²) < 4.78 is 0. The number of hydrogen-bond acceptors (Lipinski definition) is 4. The molecule has 2 bridgehead atoms. The largest absolute Gasteiger partial charge is 0.478 e. The van der Waals surface area contributed by atoms with Crippen LogP contribution in [0.4, 0.5) is 11.4 Å². The van der Waals surface area contributed by atoms with Crippen LogP contribution in [0.15, 0.2) is 48.5 Å². The van der Waals surface area contributed by atoms with Crippen LogP contribution in [0, 0.1) is 23.7 Å². The van der Waals surface area contributed by atoms with Crippen molar-refractivity contribution in [2.45, 2.75) is 19.3 Å². The summed E-state index contributed by atoms with van der Waals surface area (Å²) in [6.07, 6.45) is 3.06. The number of benzene rings is 2. The van der Waals surface area contributed by atoms with Crippen molar-refractivity contribution >= 4 is 35.1 Å². The molecule has 0 aromatic heterocycles. The van der Waals surface area contributed by atoms with E-state index in [1.54, 1.807) is 24.3 Å². The van der Waals surface area contributed by atoms with Gasteiger partial charge in [0.1, 0.15) is 0 Å². The van der Waals surface area contributed by atoms with Gasteiger partial charge in [0.15, 0.2) is 0 Å². The van der Waals surface area contributed by atoms with E-state index in [4.69, 9.17) is 5.11 Å². The molecule has 1 aliphatic heterocycles. The highest BCUT2D eigenvalue weighted by molar-refractivity contribution is 6.22. The highest BCUT2D eigenvalue weighted by Gasteiger charge is 2.61. The molecule has 3 fully saturated rings. The SMILES string of the molecule is O=C(O)c1ccc(NC(=O)c2ccc(N3C(=O)C4C5CCC(C5)C4C3=O)cc2)cc1. The van der Waals surface area contributed by atoms with Gasteiger partial charge in [0, 0.05) is 11.3 Å². The van der Waals surface area contributed by atoms with E-state index in [-0.39, 0.29) is 35.1 Å². The van der Waals surface area contributed by atoms with Crippen molar-refractivity contribution in [3.63, 3.8) is 0 Å². The molecule has 4 atom stereocenters. The predicted molar refractivity (Wildman–Crippen MR) is 108 cm³/mol. The molecule has 152 valence electrons. The van der Waals surface area contributed by atoms with E-state index in [1.807, 2.05) is 0 Å². The van der Waals surface area contributed by atoms with Gasteiger partial charge in [-0.1, -0.05) is 0 Å². The lowest BCUT2D eigenvalue weighted by atomic mass is 9.81. The summed E-state index contributed by atoms with van der Waals surface area (Å²) in [6.45, 7) is 0. The van der Waals surface area contributed by atoms with Crippen LogP contribution in [0.3, 0.4) is 0 Å². The van der Waals surface area contributed by atoms with Crippen LogP contribution < -0.4 is 10.2 Å². The van der Waals surface area contributed by atoms with E-state index in [1.165, 1.54) is 29.2 Å². The monoisotopic (exact) mass is 404 g/mol. The zero-order chi connectivity index (χ0) is 21.0. The Labute approximate surface area is 172 Å². The number of imide groups is 1. The molecule has 1 saturated heterocycles. The third kappa shape index (κ3) is 2.81. The average molecular weight is 404 g/mol. The lowest BCUT2D eigenvalue weighted by Crippen LogP contribution is -2.32. The Bertz CT molecular complexity index is 1030. The number of carboxylic acids is 1. The molecule has 7 heteroatoms. The van der Waals surface area contributed by atoms with Crippen LogP contribution in [0.25, 0.3) is 0 Å². The molecule has 30 heavy (non-hydrogen) atoms. The van der Waals surface area contributed by atoms with E-state index >= 15 is 0 Å². The molecular formula is C23H20N2O5. The molecule has 7 nitrogen and oxygen atoms in total. The Hall–Kier alpha value is -3.48. The van der Waals surface area contributed by atoms with Crippen LogP contribution in [-0.2, 0) is 9.59 Å². The van der Waals surface area contributed by atoms with Crippen LogP contribution in [0.5, 0.6) is 0 Å². The standard InChI is InChI=1S/C23H20N2O5/c26-20(24-16-7-3-13(4-8-16)23(29)30)12-5-9-17(10-6-12)25-21(27)18-14-1-2-15(11-14)19(18)22(25)28/h3-10,14-15,18-19H,1-2,11H2,(H,24,26)(H,29,30). The summed E-state index contributed by atoms with van der Waals surface area (Å²) in [7, 11) is 0. The topological polar surface area (TPSA) is 104 Å². The van der Waals surface area contributed by atoms with Crippen molar-refractivity contribution in [2.75, 3.05) is 10.2 Å². The number of carboxylic acid groups (broad SMARTS) is 1. The van der Waals surface area contributed by atoms with Gasteiger partial charge in [-0.3, -0.25) is 19.3 Å². The van der Waals surface area contributed by atoms with Gasteiger partial charge in [-0.2, -0.15) is 0 Å². The van der Waals surface area contributed by atoms with Crippen LogP contribution in [0.2, 0.25) is 0 Å². The first-order valence-corrected chi connectivity index (χ1v) is 10.1. The molecule has 4 unspecified atom stereocenters. The molecule has 2 saturated carbocycles. The molecule has 2 aromatic rings. The van der Waals surface area contributed by atoms with Gasteiger partial charge < -0.3 is 10.4 Å². The predicted octanol–water partition coefficient (Wildman–Crippen LogP) is 3.17. The number of hydrogen-bond donors (Lipinski definition) is 2. The van der Waals surface area contributed by atoms with Gasteiger partial charge in [0.05, 0.1) is 23.1 Å². The number of anilines is 2. The Morgan fingerprint density at radius 2 is 1.37 bits per heavy atom. The number of aromatic carboxylic acids is 1. The molecule has 2 N–H and O–H groups in total. The molecule has 1 heterocycles. The van der Waals surface area contributed by atoms with Gasteiger partial charge in [-0.05, 0) is 79.6 Å². The Kier molecular flexibility index (Phi) is 4.20. The number of nitrogens with zero attached hydrogens (tertiary/aromatic N) is 1. The third-order valence-corrected chi connectivity index (χ3v) is 6.70. The van der Waals surface area contributed by atoms with E-state index in [2.05, 4.69) is 5.32 Å². The fraction of sp³-hybridized carbons (Fsp3) is 0.304. The highest BCUT2D eigenvalue weighted by Crippen LogP contribution is 2.56. The fourth-order valence-electron chi connectivity index (χ4n) is 5.32. The number of nitrogens with one attached hydrogen (secondary N) is 1. The zero-order valence-electron chi connectivity index (χ0n) is 16.1. The molecule has 0 spiro atoms. The molecule has 3 aliphatic rings. The van der Waals surface area contributed by atoms with Gasteiger partial charge >= 0.3 is 5.97 Å². The summed E-state index contributed by atoms with van der Waals surface area (Å²) >= 11 is 0. The first kappa shape index (κ1) is 18.5. The van der Waals surface area contributed by atoms with E-state index in [0.717, 1.165) is 19.3 Å². The van der Waals surface area contributed by atoms with Crippen molar-refractivity contribution in [3.05, 3.63) is 59.7 Å². The van der Waals surface area contributed by atoms with Gasteiger partial charge in [-0.15, -0.1) is 0 Å². The normalized spacial score (nSPS) is 26.7. The molecule has 0 radical (unpaired) electrons. The van der Waals surface area contributed by atoms with Crippen molar-refractivity contribution < 1.29 is 24.3 Å². The second kappa shape index (κ2) is 6.79. The quantitative estimate of drug-likeness (QED) is 0.762. The second-order valence-corrected chi connectivity index (χ2v) is 8.28. The molecule has 2 aromatic carbocycles. The minimum atomic E-state index is -1.04. The van der Waals surface area contributed by atoms with E-state index in [0.29, 0.717) is 28.8 Å². The van der Waals surface area contributed by atoms with Crippen LogP contribution in [0.1, 0.15) is 40.0 Å². The number of fused-ring (bicyclic) bond motifs is 5. The maximum atomic E-state index is 12.9. The summed E-state index contributed by atoms with van der Waals surface area (Å²) in [5, 5.41) is 11.6. The molecular weight excluding hydrogens is 384 g/mol. The number of carbonyl (C=O) groups is 4. The summed E-state index contributed by atoms with van der Waals surface area (Å²) in [5.41, 5.74) is 1.49. The minimum Gasteiger partial charge on any atom is -0.478 e. The molecule has 2 aliphatic carbocycles. The Balaban J connectivity index is 1.31. The van der Waals surface area contributed by atoms with Crippen molar-refractivity contribution in [3.8, 4) is 0 Å². The first-order valence-electron chi connectivity index (χ1n) is 10.1. The van der Waals surface area contributed by atoms with Crippen molar-refractivity contribution in [1.82, 2.24) is 0 Å². The van der Waals surface area contributed by atoms with Crippen LogP contribution >= 0.6 is 0 Å². The van der Waals surface area contributed by atoms with Crippen molar-refractivity contribution in [1.29, 1.82) is 0 Å². The highest BCUT2D eigenvalue weighted by atomic mass is 16.4. The molecule has 3 amide bonds. The minimum absolute atomic E-state index is 0.104. The Morgan fingerprint density at radius 1 is 0.833 bits per heavy atom. The van der Waals surface area contributed by atoms with Gasteiger partial charge in [0.2, 0.25) is 11.8 Å². The number of amides is 3. The lowest BCUT2D eigenvalue weighted by Gasteiger charge is -2.19. The second-order valence-electron chi connectivity index (χ2n) is 8.28. The maximum absolute atomic E-state index is 12.9. The summed E-state index contributed by atoms with van der Waals surface area (Å²) in [4.78, 5) is 50.5. The van der Waals surface area contributed by atoms with Gasteiger partial charge in [0.25, 0.3) is 5.91 Å². The Morgan fingerprint density at radius 3 is 1.90 bits per heavy atom. The summed E-state index contributed by atoms with van der Waals surface area (Å²) in [6, 6.07) is 12.3. The zero-order valence-corrected chi connectivity index (χ0v) is 16.1. The third-order valence-electron chi connectivity index (χ3n) is 6.70. The average Bonchev–Trinajstić information content (AvgIpc) is 3.42. The smallest absolute Gasteiger partial charge is 0.335 e. The lowest BCUT2D eigenvalue weighted by molar-refractivity contribution is -0.123. The van der Waals surface area contributed by atoms with E-state index in [9.17, 15) is 19.2 Å². The molecule has 5 rings (SSSR count). The number of rotatable bonds is 4. The number of carbonyl (C=O) groups excluding carboxylic acids is 3. The maximum Gasteiger partial charge on any atom is 0.335 e. The summed E-state index contributed by atoms with van der Waals surface area (Å²) in [5.74, 6) is -1.29. The van der Waals surface area contributed by atoms with Gasteiger partial charge in [-0.25, -0.2) is 4.79 Å². The van der Waals surface area contributed by atoms with Crippen LogP contribution in [-0.4, -0.2) is 28.8 Å². The van der Waals surface area contributed by atoms with Crippen molar-refractivity contribution in [2.24, 2.45) is 23.7 Å². The van der Waals surface area contributed by atoms with E-state index < -0.39 is 5.97 Å². The first-order chi connectivity index (χ1) is 14.4.